The second kappa shape index (κ2) is 12.8. The Bertz CT molecular complexity index is 1330. The molecule has 1 aliphatic rings. The minimum Gasteiger partial charge on any atom is -0.495 e. The predicted octanol–water partition coefficient (Wildman–Crippen LogP) is 5.48. The van der Waals surface area contributed by atoms with Gasteiger partial charge in [-0.05, 0) is 61.2 Å². The van der Waals surface area contributed by atoms with Crippen LogP contribution in [-0.2, 0) is 19.5 Å². The Labute approximate surface area is 231 Å². The van der Waals surface area contributed by atoms with Crippen molar-refractivity contribution in [2.75, 3.05) is 44.7 Å². The Morgan fingerprint density at radius 2 is 1.64 bits per heavy atom. The first-order valence-corrected chi connectivity index (χ1v) is 13.8. The monoisotopic (exact) mass is 525 g/mol. The number of piperazine rings is 1. The third-order valence-corrected chi connectivity index (χ3v) is 7.52. The van der Waals surface area contributed by atoms with Gasteiger partial charge in [-0.1, -0.05) is 54.6 Å². The molecule has 0 unspecified atom stereocenters. The van der Waals surface area contributed by atoms with Crippen LogP contribution in [0.2, 0.25) is 0 Å². The lowest BCUT2D eigenvalue weighted by atomic mass is 10.1. The second-order valence-corrected chi connectivity index (χ2v) is 10.3. The van der Waals surface area contributed by atoms with Crippen molar-refractivity contribution in [3.8, 4) is 5.75 Å². The maximum atomic E-state index is 8.27. The van der Waals surface area contributed by atoms with Crippen molar-refractivity contribution in [2.45, 2.75) is 32.4 Å². The van der Waals surface area contributed by atoms with Crippen LogP contribution >= 0.6 is 0 Å². The summed E-state index contributed by atoms with van der Waals surface area (Å²) in [5.74, 6) is 1.40. The molecule has 0 amide bonds. The van der Waals surface area contributed by atoms with E-state index in [-0.39, 0.29) is 5.96 Å². The molecule has 1 aliphatic heterocycles. The average Bonchev–Trinajstić information content (AvgIpc) is 3.38. The highest BCUT2D eigenvalue weighted by molar-refractivity contribution is 5.94. The fourth-order valence-electron chi connectivity index (χ4n) is 5.35. The highest BCUT2D eigenvalue weighted by atomic mass is 16.5. The lowest BCUT2D eigenvalue weighted by Gasteiger charge is -2.34. The molecule has 0 radical (unpaired) electrons. The second-order valence-electron chi connectivity index (χ2n) is 10.3. The van der Waals surface area contributed by atoms with E-state index in [1.165, 1.54) is 11.1 Å². The Morgan fingerprint density at radius 3 is 2.38 bits per heavy atom. The summed E-state index contributed by atoms with van der Waals surface area (Å²) in [5.41, 5.74) is 10.3. The minimum atomic E-state index is -0.0442. The number of anilines is 1. The number of methoxy groups -OCH3 is 1. The largest absolute Gasteiger partial charge is 0.495 e. The number of para-hydroxylation sites is 1. The van der Waals surface area contributed by atoms with E-state index in [1.807, 2.05) is 36.4 Å². The third-order valence-electron chi connectivity index (χ3n) is 7.52. The highest BCUT2D eigenvalue weighted by Crippen LogP contribution is 2.32. The minimum absolute atomic E-state index is 0.0442. The molecule has 1 saturated heterocycles. The summed E-state index contributed by atoms with van der Waals surface area (Å²) in [7, 11) is 1.65. The number of furan rings is 1. The fraction of sp³-hybridized carbons (Fsp3) is 0.344. The summed E-state index contributed by atoms with van der Waals surface area (Å²) < 4.78 is 11.6. The zero-order valence-corrected chi connectivity index (χ0v) is 22.8. The Morgan fingerprint density at radius 1 is 0.897 bits per heavy atom. The predicted molar refractivity (Wildman–Crippen MR) is 158 cm³/mol. The van der Waals surface area contributed by atoms with Crippen LogP contribution in [0.4, 0.5) is 5.69 Å². The summed E-state index contributed by atoms with van der Waals surface area (Å²) in [4.78, 5) is 6.89. The van der Waals surface area contributed by atoms with Crippen LogP contribution in [0.25, 0.3) is 11.0 Å². The van der Waals surface area contributed by atoms with Gasteiger partial charge in [-0.3, -0.25) is 10.3 Å². The highest BCUT2D eigenvalue weighted by Gasteiger charge is 2.19. The smallest absolute Gasteiger partial charge is 0.193 e. The molecule has 0 aliphatic carbocycles. The molecule has 0 atom stereocenters. The lowest BCUT2D eigenvalue weighted by molar-refractivity contribution is 0.125. The van der Waals surface area contributed by atoms with Gasteiger partial charge in [0.2, 0.25) is 0 Å². The van der Waals surface area contributed by atoms with Gasteiger partial charge in [-0.15, -0.1) is 0 Å². The molecule has 5 rings (SSSR count). The number of nitrogens with two attached hydrogens (primary N) is 1. The molecule has 0 bridgehead atoms. The standard InChI is InChI=1S/C32H39N5O2/c1-38-31-15-14-25(9-7-8-16-35-17-19-36(20-18-35)23-26-10-3-2-4-11-26)21-29(31)37(32(33)34)24-28-22-27-12-5-6-13-30(27)39-28/h2-6,10-15,21-22H,7-9,16-20,23-24H2,1H3,(H3,33,34). The zero-order valence-electron chi connectivity index (χ0n) is 22.8. The van der Waals surface area contributed by atoms with Gasteiger partial charge in [0.1, 0.15) is 17.1 Å². The molecular weight excluding hydrogens is 486 g/mol. The summed E-state index contributed by atoms with van der Waals surface area (Å²) in [6, 6.07) is 26.9. The Balaban J connectivity index is 1.14. The van der Waals surface area contributed by atoms with Crippen LogP contribution in [0.1, 0.15) is 29.7 Å². The van der Waals surface area contributed by atoms with E-state index in [0.29, 0.717) is 12.3 Å². The molecule has 7 nitrogen and oxygen atoms in total. The number of aryl methyl sites for hydroxylation is 1. The molecule has 0 spiro atoms. The maximum Gasteiger partial charge on any atom is 0.193 e. The third kappa shape index (κ3) is 6.99. The Kier molecular flexibility index (Phi) is 8.81. The number of fused-ring (bicyclic) bond motifs is 1. The molecule has 3 N–H and O–H groups in total. The van der Waals surface area contributed by atoms with Crippen molar-refractivity contribution < 1.29 is 9.15 Å². The van der Waals surface area contributed by atoms with Gasteiger partial charge in [0.25, 0.3) is 0 Å². The van der Waals surface area contributed by atoms with Gasteiger partial charge < -0.3 is 24.7 Å². The van der Waals surface area contributed by atoms with Crippen molar-refractivity contribution >= 4 is 22.6 Å². The van der Waals surface area contributed by atoms with Crippen LogP contribution in [-0.4, -0.2) is 55.6 Å². The van der Waals surface area contributed by atoms with E-state index in [9.17, 15) is 0 Å². The van der Waals surface area contributed by atoms with Gasteiger partial charge in [0, 0.05) is 38.1 Å². The number of hydrogen-bond acceptors (Lipinski definition) is 5. The molecule has 3 aromatic carbocycles. The van der Waals surface area contributed by atoms with Gasteiger partial charge in [-0.25, -0.2) is 0 Å². The summed E-state index contributed by atoms with van der Waals surface area (Å²) in [6.45, 7) is 7.06. The van der Waals surface area contributed by atoms with Crippen LogP contribution in [0, 0.1) is 5.41 Å². The van der Waals surface area contributed by atoms with Crippen LogP contribution < -0.4 is 15.4 Å². The van der Waals surface area contributed by atoms with E-state index in [4.69, 9.17) is 20.3 Å². The summed E-state index contributed by atoms with van der Waals surface area (Å²) in [6.07, 6.45) is 3.25. The normalized spacial score (nSPS) is 14.5. The van der Waals surface area contributed by atoms with Crippen LogP contribution in [0.3, 0.4) is 0 Å². The number of unbranched alkanes of at least 4 members (excludes halogenated alkanes) is 1. The molecule has 4 aromatic rings. The first-order valence-electron chi connectivity index (χ1n) is 13.8. The molecule has 39 heavy (non-hydrogen) atoms. The van der Waals surface area contributed by atoms with Crippen LogP contribution in [0.5, 0.6) is 5.75 Å². The molecule has 204 valence electrons. The fourth-order valence-corrected chi connectivity index (χ4v) is 5.35. The van der Waals surface area contributed by atoms with Crippen molar-refractivity contribution in [1.82, 2.24) is 9.80 Å². The van der Waals surface area contributed by atoms with E-state index >= 15 is 0 Å². The van der Waals surface area contributed by atoms with Gasteiger partial charge in [-0.2, -0.15) is 0 Å². The molecule has 0 saturated carbocycles. The number of ether oxygens (including phenoxy) is 1. The average molecular weight is 526 g/mol. The first-order chi connectivity index (χ1) is 19.1. The molecule has 1 aromatic heterocycles. The van der Waals surface area contributed by atoms with Crippen molar-refractivity contribution in [2.24, 2.45) is 5.73 Å². The van der Waals surface area contributed by atoms with Gasteiger partial charge >= 0.3 is 0 Å². The first kappa shape index (κ1) is 26.8. The number of guanidine groups is 1. The number of benzene rings is 3. The van der Waals surface area contributed by atoms with Gasteiger partial charge in [0.05, 0.1) is 19.3 Å². The van der Waals surface area contributed by atoms with E-state index in [2.05, 4.69) is 52.3 Å². The van der Waals surface area contributed by atoms with Crippen molar-refractivity contribution in [1.29, 1.82) is 5.41 Å². The van der Waals surface area contributed by atoms with E-state index < -0.39 is 0 Å². The quantitative estimate of drug-likeness (QED) is 0.153. The number of hydrogen-bond donors (Lipinski definition) is 2. The summed E-state index contributed by atoms with van der Waals surface area (Å²) in [5, 5.41) is 9.31. The zero-order chi connectivity index (χ0) is 27.0. The van der Waals surface area contributed by atoms with E-state index in [0.717, 1.165) is 80.9 Å². The Hall–Kier alpha value is -3.81. The van der Waals surface area contributed by atoms with Crippen LogP contribution in [0.15, 0.2) is 83.3 Å². The van der Waals surface area contributed by atoms with Gasteiger partial charge in [0.15, 0.2) is 5.96 Å². The molecule has 2 heterocycles. The van der Waals surface area contributed by atoms with Crippen molar-refractivity contribution in [3.63, 3.8) is 0 Å². The van der Waals surface area contributed by atoms with Crippen molar-refractivity contribution in [3.05, 3.63) is 95.7 Å². The maximum absolute atomic E-state index is 8.27. The molecule has 1 fully saturated rings. The lowest BCUT2D eigenvalue weighted by Crippen LogP contribution is -2.46. The molecular formula is C32H39N5O2. The number of nitrogens with zero attached hydrogens (tertiary/aromatic N) is 3. The topological polar surface area (TPSA) is 82.0 Å². The number of rotatable bonds is 11. The van der Waals surface area contributed by atoms with E-state index in [1.54, 1.807) is 12.0 Å². The molecule has 7 heteroatoms. The number of nitrogens with one attached hydrogen (secondary N) is 1. The SMILES string of the molecule is COc1ccc(CCCCN2CCN(Cc3ccccc3)CC2)cc1N(Cc1cc2ccccc2o1)C(=N)N. The summed E-state index contributed by atoms with van der Waals surface area (Å²) >= 11 is 0.